The zero-order chi connectivity index (χ0) is 7.84. The fraction of sp³-hybridized carbons (Fsp3) is 0.111. The Hall–Kier alpha value is -1.44. The molecule has 0 spiro atoms. The van der Waals surface area contributed by atoms with Gasteiger partial charge in [-0.2, -0.15) is 0 Å². The minimum Gasteiger partial charge on any atom is -0.439 e. The number of benzene rings is 1. The lowest BCUT2D eigenvalue weighted by atomic mass is 10.2. The lowest BCUT2D eigenvalue weighted by molar-refractivity contribution is 0.457. The minimum atomic E-state index is 0.606. The van der Waals surface area contributed by atoms with Crippen molar-refractivity contribution < 1.29 is 4.74 Å². The van der Waals surface area contributed by atoms with E-state index in [9.17, 15) is 0 Å². The second-order valence-electron chi connectivity index (χ2n) is 2.60. The summed E-state index contributed by atoms with van der Waals surface area (Å²) in [6.45, 7) is 5.69. The molecule has 1 aliphatic rings. The van der Waals surface area contributed by atoms with Crippen LogP contribution in [0.3, 0.4) is 0 Å². The predicted molar refractivity (Wildman–Crippen MR) is 44.6 cm³/mol. The number of rotatable bonds is 0. The van der Waals surface area contributed by atoms with E-state index in [0.29, 0.717) is 5.88 Å². The molecule has 0 unspecified atom stereocenters. The molecule has 1 heterocycles. The normalized spacial score (nSPS) is 13.7. The van der Waals surface area contributed by atoms with Crippen molar-refractivity contribution in [3.05, 3.63) is 36.2 Å². The number of fused-ring (bicyclic) bond motifs is 1. The van der Waals surface area contributed by atoms with Gasteiger partial charge >= 0.3 is 0 Å². The number of hydrogen-bond donors (Lipinski definition) is 1. The van der Waals surface area contributed by atoms with E-state index in [4.69, 9.17) is 4.74 Å². The summed E-state index contributed by atoms with van der Waals surface area (Å²) in [5.41, 5.74) is 2.14. The number of ether oxygens (including phenoxy) is 1. The fourth-order valence-electron chi connectivity index (χ4n) is 1.19. The van der Waals surface area contributed by atoms with Crippen molar-refractivity contribution in [1.29, 1.82) is 0 Å². The monoisotopic (exact) mass is 147 g/mol. The molecule has 11 heavy (non-hydrogen) atoms. The van der Waals surface area contributed by atoms with E-state index in [0.717, 1.165) is 17.0 Å². The number of nitrogens with one attached hydrogen (secondary N) is 1. The number of anilines is 1. The van der Waals surface area contributed by atoms with E-state index in [1.165, 1.54) is 0 Å². The van der Waals surface area contributed by atoms with Gasteiger partial charge in [-0.1, -0.05) is 12.1 Å². The van der Waals surface area contributed by atoms with Gasteiger partial charge in [-0.3, -0.25) is 0 Å². The summed E-state index contributed by atoms with van der Waals surface area (Å²) < 4.78 is 5.33. The molecule has 56 valence electrons. The van der Waals surface area contributed by atoms with Crippen LogP contribution in [-0.2, 0) is 0 Å². The van der Waals surface area contributed by atoms with E-state index in [1.54, 1.807) is 0 Å². The molecule has 1 aromatic carbocycles. The molecule has 0 atom stereocenters. The molecule has 2 nitrogen and oxygen atoms in total. The standard InChI is InChI=1S/C9H9NO/c1-6-4-3-5-8-9(6)11-7(2)10-8/h3-5,10H,2H2,1H3. The van der Waals surface area contributed by atoms with Gasteiger partial charge < -0.3 is 10.1 Å². The van der Waals surface area contributed by atoms with Gasteiger partial charge in [0.1, 0.15) is 0 Å². The van der Waals surface area contributed by atoms with Crippen molar-refractivity contribution >= 4 is 5.69 Å². The molecule has 1 N–H and O–H groups in total. The summed E-state index contributed by atoms with van der Waals surface area (Å²) in [6.07, 6.45) is 0. The van der Waals surface area contributed by atoms with E-state index < -0.39 is 0 Å². The van der Waals surface area contributed by atoms with Gasteiger partial charge in [-0.25, -0.2) is 0 Å². The first-order valence-electron chi connectivity index (χ1n) is 3.51. The molecule has 1 aromatic rings. The van der Waals surface area contributed by atoms with E-state index in [-0.39, 0.29) is 0 Å². The average Bonchev–Trinajstić information content (AvgIpc) is 2.31. The van der Waals surface area contributed by atoms with Gasteiger partial charge in [0.15, 0.2) is 11.6 Å². The maximum absolute atomic E-state index is 5.33. The lowest BCUT2D eigenvalue weighted by Gasteiger charge is -1.98. The summed E-state index contributed by atoms with van der Waals surface area (Å²) in [6, 6.07) is 5.97. The van der Waals surface area contributed by atoms with Gasteiger partial charge in [0.2, 0.25) is 0 Å². The lowest BCUT2D eigenvalue weighted by Crippen LogP contribution is -1.92. The Labute approximate surface area is 65.5 Å². The Morgan fingerprint density at radius 3 is 3.00 bits per heavy atom. The van der Waals surface area contributed by atoms with Crippen LogP contribution in [0.15, 0.2) is 30.7 Å². The fourth-order valence-corrected chi connectivity index (χ4v) is 1.19. The second kappa shape index (κ2) is 2.02. The van der Waals surface area contributed by atoms with E-state index in [2.05, 4.69) is 11.9 Å². The Morgan fingerprint density at radius 2 is 2.27 bits per heavy atom. The van der Waals surface area contributed by atoms with Gasteiger partial charge in [0.25, 0.3) is 0 Å². The van der Waals surface area contributed by atoms with Crippen LogP contribution in [0.2, 0.25) is 0 Å². The third-order valence-electron chi connectivity index (χ3n) is 1.71. The van der Waals surface area contributed by atoms with E-state index >= 15 is 0 Å². The Morgan fingerprint density at radius 1 is 1.45 bits per heavy atom. The van der Waals surface area contributed by atoms with Crippen LogP contribution in [0.4, 0.5) is 5.69 Å². The Balaban J connectivity index is 2.57. The zero-order valence-corrected chi connectivity index (χ0v) is 6.35. The molecule has 0 aromatic heterocycles. The van der Waals surface area contributed by atoms with Crippen LogP contribution in [0.25, 0.3) is 0 Å². The van der Waals surface area contributed by atoms with Crippen molar-refractivity contribution in [1.82, 2.24) is 0 Å². The molecule has 2 rings (SSSR count). The summed E-state index contributed by atoms with van der Waals surface area (Å²) in [4.78, 5) is 0. The van der Waals surface area contributed by atoms with E-state index in [1.807, 2.05) is 25.1 Å². The molecule has 0 aliphatic carbocycles. The molecule has 2 heteroatoms. The van der Waals surface area contributed by atoms with Gasteiger partial charge in [0, 0.05) is 0 Å². The highest BCUT2D eigenvalue weighted by molar-refractivity contribution is 5.66. The molecule has 0 bridgehead atoms. The SMILES string of the molecule is C=C1Nc2cccc(C)c2O1. The van der Waals surface area contributed by atoms with Gasteiger partial charge in [-0.15, -0.1) is 0 Å². The zero-order valence-electron chi connectivity index (χ0n) is 6.35. The molecule has 1 aliphatic heterocycles. The highest BCUT2D eigenvalue weighted by Crippen LogP contribution is 2.35. The highest BCUT2D eigenvalue weighted by atomic mass is 16.5. The predicted octanol–water partition coefficient (Wildman–Crippen LogP) is 2.27. The largest absolute Gasteiger partial charge is 0.439 e. The minimum absolute atomic E-state index is 0.606. The summed E-state index contributed by atoms with van der Waals surface area (Å²) in [5, 5.41) is 3.02. The topological polar surface area (TPSA) is 21.3 Å². The second-order valence-corrected chi connectivity index (χ2v) is 2.60. The van der Waals surface area contributed by atoms with Crippen LogP contribution >= 0.6 is 0 Å². The van der Waals surface area contributed by atoms with Crippen LogP contribution in [-0.4, -0.2) is 0 Å². The number of hydrogen-bond acceptors (Lipinski definition) is 2. The van der Waals surface area contributed by atoms with Crippen LogP contribution in [0.1, 0.15) is 5.56 Å². The molecule has 0 amide bonds. The van der Waals surface area contributed by atoms with Crippen LogP contribution in [0.5, 0.6) is 5.75 Å². The third kappa shape index (κ3) is 0.871. The molecule has 0 fully saturated rings. The molecule has 0 saturated carbocycles. The maximum Gasteiger partial charge on any atom is 0.190 e. The van der Waals surface area contributed by atoms with Gasteiger partial charge in [-0.05, 0) is 25.1 Å². The number of aryl methyl sites for hydroxylation is 1. The van der Waals surface area contributed by atoms with Crippen LogP contribution in [0, 0.1) is 6.92 Å². The Bertz CT molecular complexity index is 317. The third-order valence-corrected chi connectivity index (χ3v) is 1.71. The molecule has 0 saturated heterocycles. The van der Waals surface area contributed by atoms with Crippen LogP contribution < -0.4 is 10.1 Å². The van der Waals surface area contributed by atoms with Crippen molar-refractivity contribution in [2.75, 3.05) is 5.32 Å². The molecular formula is C9H9NO. The average molecular weight is 147 g/mol. The van der Waals surface area contributed by atoms with Crippen molar-refractivity contribution in [2.24, 2.45) is 0 Å². The summed E-state index contributed by atoms with van der Waals surface area (Å²) in [5.74, 6) is 1.51. The smallest absolute Gasteiger partial charge is 0.190 e. The van der Waals surface area contributed by atoms with Gasteiger partial charge in [0.05, 0.1) is 5.69 Å². The summed E-state index contributed by atoms with van der Waals surface area (Å²) in [7, 11) is 0. The Kier molecular flexibility index (Phi) is 1.15. The number of para-hydroxylation sites is 1. The van der Waals surface area contributed by atoms with Crippen molar-refractivity contribution in [3.63, 3.8) is 0 Å². The first kappa shape index (κ1) is 6.28. The molecular weight excluding hydrogens is 138 g/mol. The summed E-state index contributed by atoms with van der Waals surface area (Å²) >= 11 is 0. The quantitative estimate of drug-likeness (QED) is 0.607. The van der Waals surface area contributed by atoms with Crippen molar-refractivity contribution in [3.8, 4) is 5.75 Å². The first-order chi connectivity index (χ1) is 5.27. The molecule has 0 radical (unpaired) electrons. The van der Waals surface area contributed by atoms with Crippen molar-refractivity contribution in [2.45, 2.75) is 6.92 Å². The highest BCUT2D eigenvalue weighted by Gasteiger charge is 2.15. The first-order valence-corrected chi connectivity index (χ1v) is 3.51. The maximum atomic E-state index is 5.33.